The fraction of sp³-hybridized carbons (Fsp3) is 0.583. The maximum absolute atomic E-state index is 11.4. The molecule has 0 N–H and O–H groups in total. The van der Waals surface area contributed by atoms with Crippen molar-refractivity contribution in [2.24, 2.45) is 5.92 Å². The van der Waals surface area contributed by atoms with E-state index in [0.29, 0.717) is 24.2 Å². The van der Waals surface area contributed by atoms with Crippen LogP contribution in [-0.4, -0.2) is 37.1 Å². The van der Waals surface area contributed by atoms with Crippen LogP contribution in [0, 0.1) is 5.92 Å². The Bertz CT molecular complexity index is 511. The number of halogens is 1. The van der Waals surface area contributed by atoms with Crippen LogP contribution in [0.2, 0.25) is 5.15 Å². The zero-order valence-corrected chi connectivity index (χ0v) is 11.9. The summed E-state index contributed by atoms with van der Waals surface area (Å²) in [5, 5.41) is 0.515. The number of rotatable bonds is 3. The second-order valence-corrected chi connectivity index (χ2v) is 7.17. The lowest BCUT2D eigenvalue weighted by molar-refractivity contribution is 0.274. The van der Waals surface area contributed by atoms with Crippen LogP contribution in [0.4, 0.5) is 0 Å². The molecular formula is C12H17ClN2O2S. The quantitative estimate of drug-likeness (QED) is 0.799. The summed E-state index contributed by atoms with van der Waals surface area (Å²) >= 11 is 5.85. The van der Waals surface area contributed by atoms with E-state index in [0.717, 1.165) is 19.3 Å². The van der Waals surface area contributed by atoms with Gasteiger partial charge in [0.2, 0.25) is 10.0 Å². The van der Waals surface area contributed by atoms with Crippen molar-refractivity contribution in [2.75, 3.05) is 19.3 Å². The molecule has 18 heavy (non-hydrogen) atoms. The smallest absolute Gasteiger partial charge is 0.211 e. The number of hydrogen-bond donors (Lipinski definition) is 0. The second-order valence-electron chi connectivity index (χ2n) is 4.80. The molecule has 2 heterocycles. The molecule has 0 bridgehead atoms. The molecule has 0 radical (unpaired) electrons. The van der Waals surface area contributed by atoms with Gasteiger partial charge in [-0.3, -0.25) is 0 Å². The average molecular weight is 289 g/mol. The van der Waals surface area contributed by atoms with Crippen LogP contribution >= 0.6 is 11.6 Å². The molecule has 0 saturated carbocycles. The Balaban J connectivity index is 1.91. The Morgan fingerprint density at radius 2 is 2.11 bits per heavy atom. The number of pyridine rings is 1. The third-order valence-corrected chi connectivity index (χ3v) is 4.87. The first kappa shape index (κ1) is 13.8. The van der Waals surface area contributed by atoms with E-state index >= 15 is 0 Å². The largest absolute Gasteiger partial charge is 0.245 e. The first-order valence-corrected chi connectivity index (χ1v) is 8.23. The van der Waals surface area contributed by atoms with Crippen LogP contribution in [0.15, 0.2) is 18.3 Å². The number of hydrogen-bond acceptors (Lipinski definition) is 3. The Morgan fingerprint density at radius 3 is 2.67 bits per heavy atom. The van der Waals surface area contributed by atoms with Crippen LogP contribution in [0.1, 0.15) is 18.4 Å². The highest BCUT2D eigenvalue weighted by molar-refractivity contribution is 7.88. The standard InChI is InChI=1S/C12H17ClN2O2S/c1-18(16,17)15-6-3-10(4-7-15)8-11-2-5-14-12(13)9-11/h2,5,9-10H,3-4,6-8H2,1H3. The zero-order valence-electron chi connectivity index (χ0n) is 10.3. The molecule has 0 amide bonds. The topological polar surface area (TPSA) is 50.3 Å². The van der Waals surface area contributed by atoms with Crippen molar-refractivity contribution in [3.05, 3.63) is 29.0 Å². The van der Waals surface area contributed by atoms with Crippen LogP contribution in [0.25, 0.3) is 0 Å². The molecule has 1 aliphatic heterocycles. The summed E-state index contributed by atoms with van der Waals surface area (Å²) in [4.78, 5) is 3.96. The zero-order chi connectivity index (χ0) is 13.2. The fourth-order valence-corrected chi connectivity index (χ4v) is 3.42. The Kier molecular flexibility index (Phi) is 4.25. The molecular weight excluding hydrogens is 272 g/mol. The van der Waals surface area contributed by atoms with Gasteiger partial charge >= 0.3 is 0 Å². The van der Waals surface area contributed by atoms with E-state index in [2.05, 4.69) is 4.98 Å². The van der Waals surface area contributed by atoms with Gasteiger partial charge in [-0.25, -0.2) is 17.7 Å². The van der Waals surface area contributed by atoms with E-state index in [1.165, 1.54) is 11.8 Å². The molecule has 100 valence electrons. The van der Waals surface area contributed by atoms with Gasteiger partial charge in [0.15, 0.2) is 0 Å². The van der Waals surface area contributed by atoms with Gasteiger partial charge in [0.25, 0.3) is 0 Å². The lowest BCUT2D eigenvalue weighted by Crippen LogP contribution is -2.38. The minimum Gasteiger partial charge on any atom is -0.245 e. The fourth-order valence-electron chi connectivity index (χ4n) is 2.35. The lowest BCUT2D eigenvalue weighted by atomic mass is 9.91. The summed E-state index contributed by atoms with van der Waals surface area (Å²) in [5.74, 6) is 0.529. The van der Waals surface area contributed by atoms with Gasteiger partial charge in [-0.15, -0.1) is 0 Å². The number of sulfonamides is 1. The molecule has 0 aromatic carbocycles. The molecule has 4 nitrogen and oxygen atoms in total. The average Bonchev–Trinajstić information content (AvgIpc) is 2.28. The maximum atomic E-state index is 11.4. The van der Waals surface area contributed by atoms with Crippen molar-refractivity contribution >= 4 is 21.6 Å². The number of aromatic nitrogens is 1. The molecule has 1 saturated heterocycles. The molecule has 0 unspecified atom stereocenters. The van der Waals surface area contributed by atoms with Gasteiger partial charge in [0.05, 0.1) is 6.26 Å². The van der Waals surface area contributed by atoms with Crippen molar-refractivity contribution in [2.45, 2.75) is 19.3 Å². The van der Waals surface area contributed by atoms with Gasteiger partial charge in [-0.2, -0.15) is 0 Å². The molecule has 0 atom stereocenters. The monoisotopic (exact) mass is 288 g/mol. The van der Waals surface area contributed by atoms with Gasteiger partial charge in [-0.1, -0.05) is 11.6 Å². The molecule has 0 aliphatic carbocycles. The summed E-state index contributed by atoms with van der Waals surface area (Å²) in [6.07, 6.45) is 5.75. The van der Waals surface area contributed by atoms with E-state index in [1.807, 2.05) is 12.1 Å². The Hall–Kier alpha value is -0.650. The van der Waals surface area contributed by atoms with Crippen LogP contribution in [0.5, 0.6) is 0 Å². The number of nitrogens with zero attached hydrogens (tertiary/aromatic N) is 2. The van der Waals surface area contributed by atoms with Crippen molar-refractivity contribution in [1.82, 2.24) is 9.29 Å². The van der Waals surface area contributed by atoms with Gasteiger partial charge in [0, 0.05) is 19.3 Å². The summed E-state index contributed by atoms with van der Waals surface area (Å²) in [6, 6.07) is 3.85. The van der Waals surface area contributed by atoms with Crippen molar-refractivity contribution in [1.29, 1.82) is 0 Å². The van der Waals surface area contributed by atoms with Crippen molar-refractivity contribution < 1.29 is 8.42 Å². The van der Waals surface area contributed by atoms with E-state index < -0.39 is 10.0 Å². The minimum absolute atomic E-state index is 0.515. The predicted molar refractivity (Wildman–Crippen MR) is 72.1 cm³/mol. The minimum atomic E-state index is -3.03. The summed E-state index contributed by atoms with van der Waals surface area (Å²) < 4.78 is 24.4. The third kappa shape index (κ3) is 3.67. The maximum Gasteiger partial charge on any atom is 0.211 e. The molecule has 2 rings (SSSR count). The van der Waals surface area contributed by atoms with E-state index in [4.69, 9.17) is 11.6 Å². The van der Waals surface area contributed by atoms with E-state index in [1.54, 1.807) is 10.5 Å². The molecule has 1 fully saturated rings. The SMILES string of the molecule is CS(=O)(=O)N1CCC(Cc2ccnc(Cl)c2)CC1. The molecule has 0 spiro atoms. The highest BCUT2D eigenvalue weighted by Crippen LogP contribution is 2.23. The van der Waals surface area contributed by atoms with E-state index in [-0.39, 0.29) is 0 Å². The summed E-state index contributed by atoms with van der Waals surface area (Å²) in [5.41, 5.74) is 1.17. The van der Waals surface area contributed by atoms with Gasteiger partial charge < -0.3 is 0 Å². The molecule has 1 aliphatic rings. The number of piperidine rings is 1. The third-order valence-electron chi connectivity index (χ3n) is 3.36. The normalized spacial score (nSPS) is 19.0. The highest BCUT2D eigenvalue weighted by Gasteiger charge is 2.24. The first-order valence-electron chi connectivity index (χ1n) is 6.01. The van der Waals surface area contributed by atoms with Crippen LogP contribution < -0.4 is 0 Å². The van der Waals surface area contributed by atoms with Gasteiger partial charge in [0.1, 0.15) is 5.15 Å². The van der Waals surface area contributed by atoms with Crippen LogP contribution in [0.3, 0.4) is 0 Å². The molecule has 1 aromatic heterocycles. The van der Waals surface area contributed by atoms with Crippen molar-refractivity contribution in [3.63, 3.8) is 0 Å². The second kappa shape index (κ2) is 5.55. The highest BCUT2D eigenvalue weighted by atomic mass is 35.5. The first-order chi connectivity index (χ1) is 8.45. The van der Waals surface area contributed by atoms with Crippen molar-refractivity contribution in [3.8, 4) is 0 Å². The van der Waals surface area contributed by atoms with Crippen LogP contribution in [-0.2, 0) is 16.4 Å². The Morgan fingerprint density at radius 1 is 1.44 bits per heavy atom. The molecule has 1 aromatic rings. The lowest BCUT2D eigenvalue weighted by Gasteiger charge is -2.30. The summed E-state index contributed by atoms with van der Waals surface area (Å²) in [7, 11) is -3.03. The molecule has 6 heteroatoms. The van der Waals surface area contributed by atoms with E-state index in [9.17, 15) is 8.42 Å². The predicted octanol–water partition coefficient (Wildman–Crippen LogP) is 1.95. The van der Waals surface area contributed by atoms with Gasteiger partial charge in [-0.05, 0) is 42.9 Å². The summed E-state index contributed by atoms with van der Waals surface area (Å²) in [6.45, 7) is 1.25. The Labute approximate surface area is 113 Å².